The van der Waals surface area contributed by atoms with Gasteiger partial charge in [-0.2, -0.15) is 5.10 Å². The molecule has 1 amide bonds. The number of aryl methyl sites for hydroxylation is 1. The van der Waals surface area contributed by atoms with Crippen molar-refractivity contribution in [2.24, 2.45) is 0 Å². The zero-order valence-electron chi connectivity index (χ0n) is 18.6. The van der Waals surface area contributed by atoms with Gasteiger partial charge in [0.05, 0.1) is 17.1 Å². The first-order chi connectivity index (χ1) is 16.6. The molecule has 0 aliphatic rings. The number of carbonyl (C=O) groups is 1. The first-order valence-electron chi connectivity index (χ1n) is 11.0. The molecule has 168 valence electrons. The van der Waals surface area contributed by atoms with E-state index in [9.17, 15) is 9.59 Å². The number of nitrogens with one attached hydrogen (secondary N) is 1. The summed E-state index contributed by atoms with van der Waals surface area (Å²) >= 11 is 1.55. The van der Waals surface area contributed by atoms with Crippen molar-refractivity contribution in [1.29, 1.82) is 0 Å². The van der Waals surface area contributed by atoms with Crippen molar-refractivity contribution in [2.75, 3.05) is 6.54 Å². The predicted molar refractivity (Wildman–Crippen MR) is 136 cm³/mol. The largest absolute Gasteiger partial charge is 0.350 e. The number of hydrogen-bond acceptors (Lipinski definition) is 5. The molecule has 0 saturated heterocycles. The second kappa shape index (κ2) is 9.41. The highest BCUT2D eigenvalue weighted by molar-refractivity contribution is 7.18. The maximum atomic E-state index is 12.6. The smallest absolute Gasteiger partial charge is 0.266 e. The van der Waals surface area contributed by atoms with Crippen molar-refractivity contribution in [3.63, 3.8) is 0 Å². The number of nitrogens with zero attached hydrogens (tertiary/aromatic N) is 3. The maximum absolute atomic E-state index is 12.6. The van der Waals surface area contributed by atoms with E-state index in [1.165, 1.54) is 10.7 Å². The van der Waals surface area contributed by atoms with E-state index in [1.807, 2.05) is 73.7 Å². The number of carbonyl (C=O) groups excluding carboxylic acids is 1. The molecular weight excluding hydrogens is 444 g/mol. The lowest BCUT2D eigenvalue weighted by molar-refractivity contribution is 0.0952. The van der Waals surface area contributed by atoms with Crippen LogP contribution < -0.4 is 10.9 Å². The van der Waals surface area contributed by atoms with Crippen molar-refractivity contribution in [1.82, 2.24) is 20.1 Å². The van der Waals surface area contributed by atoms with Crippen molar-refractivity contribution < 1.29 is 4.79 Å². The van der Waals surface area contributed by atoms with E-state index in [4.69, 9.17) is 0 Å². The van der Waals surface area contributed by atoms with Crippen molar-refractivity contribution >= 4 is 28.0 Å². The van der Waals surface area contributed by atoms with Crippen LogP contribution >= 0.6 is 11.3 Å². The lowest BCUT2D eigenvalue weighted by atomic mass is 10.1. The van der Waals surface area contributed by atoms with E-state index in [2.05, 4.69) is 15.4 Å². The number of amides is 1. The molecule has 34 heavy (non-hydrogen) atoms. The Morgan fingerprint density at radius 3 is 2.53 bits per heavy atom. The quantitative estimate of drug-likeness (QED) is 0.385. The molecule has 1 N–H and O–H groups in total. The normalized spacial score (nSPS) is 11.0. The Hall–Kier alpha value is -4.10. The Labute approximate surface area is 200 Å². The van der Waals surface area contributed by atoms with Gasteiger partial charge in [0.15, 0.2) is 0 Å². The van der Waals surface area contributed by atoms with Gasteiger partial charge in [-0.3, -0.25) is 9.59 Å². The zero-order valence-corrected chi connectivity index (χ0v) is 19.4. The van der Waals surface area contributed by atoms with Crippen LogP contribution in [0.2, 0.25) is 0 Å². The first kappa shape index (κ1) is 21.7. The van der Waals surface area contributed by atoms with E-state index >= 15 is 0 Å². The average Bonchev–Trinajstić information content (AvgIpc) is 3.27. The molecular formula is C27H22N4O2S. The number of benzene rings is 3. The van der Waals surface area contributed by atoms with E-state index in [0.29, 0.717) is 17.8 Å². The van der Waals surface area contributed by atoms with Gasteiger partial charge in [-0.15, -0.1) is 11.3 Å². The summed E-state index contributed by atoms with van der Waals surface area (Å²) in [5.74, 6) is -0.180. The van der Waals surface area contributed by atoms with Gasteiger partial charge >= 0.3 is 0 Å². The lowest BCUT2D eigenvalue weighted by Gasteiger charge is -2.09. The molecule has 0 atom stereocenters. The highest BCUT2D eigenvalue weighted by Crippen LogP contribution is 2.33. The van der Waals surface area contributed by atoms with E-state index < -0.39 is 0 Å². The Balaban J connectivity index is 1.30. The first-order valence-corrected chi connectivity index (χ1v) is 11.8. The summed E-state index contributed by atoms with van der Waals surface area (Å²) in [6.45, 7) is 2.51. The molecule has 0 aliphatic carbocycles. The molecule has 2 aromatic heterocycles. The third-order valence-corrected chi connectivity index (χ3v) is 6.77. The van der Waals surface area contributed by atoms with Crippen LogP contribution in [0.4, 0.5) is 0 Å². The van der Waals surface area contributed by atoms with Crippen molar-refractivity contribution in [2.45, 2.75) is 13.5 Å². The Bertz CT molecular complexity index is 1540. The van der Waals surface area contributed by atoms with Gasteiger partial charge in [0.2, 0.25) is 0 Å². The van der Waals surface area contributed by atoms with Crippen LogP contribution in [0.5, 0.6) is 0 Å². The SMILES string of the molecule is Cc1nc(-c2ccccc2)sc1-c1ccc(=O)n(CCNC(=O)c2ccc3ccccc3c2)n1. The standard InChI is InChI=1S/C27H22N4O2S/c1-18-25(34-27(29-18)20-8-3-2-4-9-20)23-13-14-24(32)31(30-23)16-15-28-26(33)22-12-11-19-7-5-6-10-21(19)17-22/h2-14,17H,15-16H2,1H3,(H,28,33). The number of hydrogen-bond donors (Lipinski definition) is 1. The molecule has 0 aliphatic heterocycles. The fourth-order valence-corrected chi connectivity index (χ4v) is 4.81. The molecule has 0 bridgehead atoms. The van der Waals surface area contributed by atoms with E-state index in [1.54, 1.807) is 23.5 Å². The average molecular weight is 467 g/mol. The fourth-order valence-electron chi connectivity index (χ4n) is 3.78. The molecule has 5 rings (SSSR count). The van der Waals surface area contributed by atoms with Crippen molar-refractivity contribution in [3.8, 4) is 21.1 Å². The van der Waals surface area contributed by atoms with Gasteiger partial charge in [-0.1, -0.05) is 60.7 Å². The topological polar surface area (TPSA) is 76.9 Å². The Morgan fingerprint density at radius 2 is 1.71 bits per heavy atom. The Morgan fingerprint density at radius 1 is 0.941 bits per heavy atom. The van der Waals surface area contributed by atoms with Gasteiger partial charge < -0.3 is 5.32 Å². The van der Waals surface area contributed by atoms with Crippen molar-refractivity contribution in [3.05, 3.63) is 107 Å². The predicted octanol–water partition coefficient (Wildman–Crippen LogP) is 4.93. The van der Waals surface area contributed by atoms with Crippen LogP contribution in [0, 0.1) is 6.92 Å². The molecule has 5 aromatic rings. The fraction of sp³-hybridized carbons (Fsp3) is 0.111. The number of fused-ring (bicyclic) bond motifs is 1. The third kappa shape index (κ3) is 4.51. The monoisotopic (exact) mass is 466 g/mol. The minimum Gasteiger partial charge on any atom is -0.350 e. The van der Waals surface area contributed by atoms with Crippen LogP contribution in [-0.4, -0.2) is 27.2 Å². The van der Waals surface area contributed by atoms with E-state index in [0.717, 1.165) is 31.9 Å². The van der Waals surface area contributed by atoms with Gasteiger partial charge in [0.1, 0.15) is 10.7 Å². The van der Waals surface area contributed by atoms with Gasteiger partial charge in [0.25, 0.3) is 11.5 Å². The molecule has 6 nitrogen and oxygen atoms in total. The summed E-state index contributed by atoms with van der Waals surface area (Å²) in [6.07, 6.45) is 0. The molecule has 3 aromatic carbocycles. The molecule has 0 fully saturated rings. The molecule has 0 spiro atoms. The van der Waals surface area contributed by atoms with Crippen LogP contribution in [-0.2, 0) is 6.54 Å². The van der Waals surface area contributed by atoms with Gasteiger partial charge in [-0.05, 0) is 35.9 Å². The molecule has 0 radical (unpaired) electrons. The second-order valence-electron chi connectivity index (χ2n) is 7.90. The van der Waals surface area contributed by atoms with Gasteiger partial charge in [0, 0.05) is 23.7 Å². The highest BCUT2D eigenvalue weighted by Gasteiger charge is 2.14. The second-order valence-corrected chi connectivity index (χ2v) is 8.90. The summed E-state index contributed by atoms with van der Waals surface area (Å²) in [7, 11) is 0. The molecule has 7 heteroatoms. The van der Waals surface area contributed by atoms with Crippen LogP contribution in [0.25, 0.3) is 31.9 Å². The maximum Gasteiger partial charge on any atom is 0.266 e. The number of aromatic nitrogens is 3. The Kier molecular flexibility index (Phi) is 6.01. The summed E-state index contributed by atoms with van der Waals surface area (Å²) in [4.78, 5) is 30.6. The lowest BCUT2D eigenvalue weighted by Crippen LogP contribution is -2.31. The molecule has 0 saturated carbocycles. The molecule has 0 unspecified atom stereocenters. The number of rotatable bonds is 6. The van der Waals surface area contributed by atoms with E-state index in [-0.39, 0.29) is 18.0 Å². The highest BCUT2D eigenvalue weighted by atomic mass is 32.1. The van der Waals surface area contributed by atoms with Crippen LogP contribution in [0.3, 0.4) is 0 Å². The van der Waals surface area contributed by atoms with Crippen LogP contribution in [0.15, 0.2) is 89.7 Å². The zero-order chi connectivity index (χ0) is 23.5. The molecule has 2 heterocycles. The number of thiazole rings is 1. The minimum absolute atomic E-state index is 0.180. The van der Waals surface area contributed by atoms with Crippen LogP contribution in [0.1, 0.15) is 16.1 Å². The van der Waals surface area contributed by atoms with Gasteiger partial charge in [-0.25, -0.2) is 9.67 Å². The summed E-state index contributed by atoms with van der Waals surface area (Å²) < 4.78 is 1.39. The summed E-state index contributed by atoms with van der Waals surface area (Å²) in [6, 6.07) is 26.7. The minimum atomic E-state index is -0.214. The summed E-state index contributed by atoms with van der Waals surface area (Å²) in [5.41, 5.74) is 2.98. The third-order valence-electron chi connectivity index (χ3n) is 5.54. The summed E-state index contributed by atoms with van der Waals surface area (Å²) in [5, 5.41) is 10.4.